The lowest BCUT2D eigenvalue weighted by molar-refractivity contribution is -0.140. The minimum atomic E-state index is -1.09. The molecule has 104 valence electrons. The van der Waals surface area contributed by atoms with Gasteiger partial charge >= 0.3 is 5.97 Å². The van der Waals surface area contributed by atoms with E-state index in [2.05, 4.69) is 10.3 Å². The molecule has 2 rings (SSSR count). The maximum Gasteiger partial charge on any atom is 0.325 e. The van der Waals surface area contributed by atoms with Crippen LogP contribution in [0.4, 0.5) is 5.69 Å². The van der Waals surface area contributed by atoms with Gasteiger partial charge in [-0.25, -0.2) is 4.99 Å². The molecule has 1 unspecified atom stereocenters. The maximum atomic E-state index is 12.1. The monoisotopic (exact) mass is 273 g/mol. The smallest absolute Gasteiger partial charge is 0.325 e. The first-order chi connectivity index (χ1) is 9.47. The number of aliphatic imine (C=N–C) groups is 1. The number of amidine groups is 1. The van der Waals surface area contributed by atoms with E-state index >= 15 is 0 Å². The number of nitrogens with zero attached hydrogens (tertiary/aromatic N) is 1. The summed E-state index contributed by atoms with van der Waals surface area (Å²) in [4.78, 5) is 27.1. The molecule has 0 radical (unpaired) electrons. The largest absolute Gasteiger partial charge is 0.480 e. The van der Waals surface area contributed by atoms with E-state index in [1.54, 1.807) is 12.1 Å². The van der Waals surface area contributed by atoms with Gasteiger partial charge in [0.25, 0.3) is 0 Å². The molecule has 0 fully saturated rings. The minimum absolute atomic E-state index is 0.187. The first-order valence-corrected chi connectivity index (χ1v) is 6.13. The number of carbonyl (C=O) groups is 2. The van der Waals surface area contributed by atoms with Crippen LogP contribution < -0.4 is 11.1 Å². The lowest BCUT2D eigenvalue weighted by Gasteiger charge is -2.11. The molecule has 0 saturated carbocycles. The van der Waals surface area contributed by atoms with Crippen molar-refractivity contribution in [3.05, 3.63) is 35.4 Å². The number of rotatable bonds is 3. The Bertz CT molecular complexity index is 620. The number of carboxylic acid groups (broad SMARTS) is 1. The van der Waals surface area contributed by atoms with E-state index in [4.69, 9.17) is 10.8 Å². The first kappa shape index (κ1) is 13.8. The third-order valence-electron chi connectivity index (χ3n) is 2.91. The Morgan fingerprint density at radius 2 is 2.10 bits per heavy atom. The summed E-state index contributed by atoms with van der Waals surface area (Å²) in [6.07, 6.45) is 1.87. The lowest BCUT2D eigenvalue weighted by atomic mass is 10.1. The molecule has 4 N–H and O–H groups in total. The molecule has 0 saturated heterocycles. The van der Waals surface area contributed by atoms with E-state index in [0.717, 1.165) is 5.56 Å². The van der Waals surface area contributed by atoms with Gasteiger partial charge in [0.05, 0.1) is 5.69 Å². The number of aliphatic carboxylic acids is 1. The molecule has 20 heavy (non-hydrogen) atoms. The third-order valence-corrected chi connectivity index (χ3v) is 2.91. The molecule has 6 heteroatoms. The third kappa shape index (κ3) is 3.03. The van der Waals surface area contributed by atoms with Crippen molar-refractivity contribution in [3.8, 4) is 0 Å². The van der Waals surface area contributed by atoms with Crippen molar-refractivity contribution in [1.29, 1.82) is 0 Å². The second kappa shape index (κ2) is 5.56. The van der Waals surface area contributed by atoms with Crippen LogP contribution in [0.25, 0.3) is 6.08 Å². The zero-order chi connectivity index (χ0) is 14.7. The standard InChI is InChI=1S/C14H15N3O3/c1-8(14(19)20)16-13(18)10-6-9-4-2-3-5-11(9)17-12(15)7-10/h2-6,8H,7H2,1H3,(H2,15,17)(H,16,18)(H,19,20). The Hall–Kier alpha value is -2.63. The number of amides is 1. The molecular formula is C14H15N3O3. The Labute approximate surface area is 116 Å². The van der Waals surface area contributed by atoms with Crippen LogP contribution in [0.1, 0.15) is 18.9 Å². The fraction of sp³-hybridized carbons (Fsp3) is 0.214. The Morgan fingerprint density at radius 3 is 2.80 bits per heavy atom. The van der Waals surface area contributed by atoms with Gasteiger partial charge in [-0.2, -0.15) is 0 Å². The van der Waals surface area contributed by atoms with Crippen molar-refractivity contribution < 1.29 is 14.7 Å². The van der Waals surface area contributed by atoms with Gasteiger partial charge in [0.1, 0.15) is 11.9 Å². The Kier molecular flexibility index (Phi) is 3.84. The summed E-state index contributed by atoms with van der Waals surface area (Å²) >= 11 is 0. The highest BCUT2D eigenvalue weighted by molar-refractivity contribution is 6.06. The first-order valence-electron chi connectivity index (χ1n) is 6.13. The molecule has 6 nitrogen and oxygen atoms in total. The second-order valence-electron chi connectivity index (χ2n) is 4.54. The SMILES string of the molecule is CC(NC(=O)C1=Cc2ccccc2N=C(N)C1)C(=O)O. The van der Waals surface area contributed by atoms with Crippen LogP contribution in [-0.2, 0) is 9.59 Å². The highest BCUT2D eigenvalue weighted by Gasteiger charge is 2.19. The average Bonchev–Trinajstić information content (AvgIpc) is 2.56. The molecule has 0 aliphatic carbocycles. The number of carbonyl (C=O) groups excluding carboxylic acids is 1. The predicted octanol–water partition coefficient (Wildman–Crippen LogP) is 1.05. The van der Waals surface area contributed by atoms with E-state index in [0.29, 0.717) is 17.1 Å². The van der Waals surface area contributed by atoms with Gasteiger partial charge in [0.15, 0.2) is 0 Å². The average molecular weight is 273 g/mol. The van der Waals surface area contributed by atoms with Gasteiger partial charge < -0.3 is 16.2 Å². The zero-order valence-electron chi connectivity index (χ0n) is 11.0. The fourth-order valence-electron chi connectivity index (χ4n) is 1.84. The van der Waals surface area contributed by atoms with Gasteiger partial charge in [-0.3, -0.25) is 9.59 Å². The Morgan fingerprint density at radius 1 is 1.40 bits per heavy atom. The molecule has 1 aromatic carbocycles. The van der Waals surface area contributed by atoms with Crippen molar-refractivity contribution in [1.82, 2.24) is 5.32 Å². The number of nitrogens with two attached hydrogens (primary N) is 1. The number of carboxylic acids is 1. The summed E-state index contributed by atoms with van der Waals surface area (Å²) in [5.41, 5.74) is 7.65. The van der Waals surface area contributed by atoms with Crippen LogP contribution in [-0.4, -0.2) is 28.9 Å². The number of benzene rings is 1. The lowest BCUT2D eigenvalue weighted by Crippen LogP contribution is -2.39. The van der Waals surface area contributed by atoms with Crippen molar-refractivity contribution >= 4 is 29.5 Å². The molecular weight excluding hydrogens is 258 g/mol. The fourth-order valence-corrected chi connectivity index (χ4v) is 1.84. The molecule has 1 aliphatic rings. The van der Waals surface area contributed by atoms with Gasteiger partial charge in [-0.15, -0.1) is 0 Å². The number of hydrogen-bond donors (Lipinski definition) is 3. The summed E-state index contributed by atoms with van der Waals surface area (Å²) in [6, 6.07) is 6.34. The number of nitrogens with one attached hydrogen (secondary N) is 1. The second-order valence-corrected chi connectivity index (χ2v) is 4.54. The van der Waals surface area contributed by atoms with Crippen LogP contribution in [0.5, 0.6) is 0 Å². The normalized spacial score (nSPS) is 15.2. The van der Waals surface area contributed by atoms with Gasteiger partial charge in [0, 0.05) is 17.6 Å². The van der Waals surface area contributed by atoms with E-state index in [1.807, 2.05) is 18.2 Å². The van der Waals surface area contributed by atoms with Crippen molar-refractivity contribution in [2.45, 2.75) is 19.4 Å². The summed E-state index contributed by atoms with van der Waals surface area (Å²) in [5, 5.41) is 11.2. The molecule has 1 atom stereocenters. The maximum absolute atomic E-state index is 12.1. The van der Waals surface area contributed by atoms with Crippen LogP contribution >= 0.6 is 0 Å². The molecule has 1 amide bonds. The van der Waals surface area contributed by atoms with Gasteiger partial charge in [-0.05, 0) is 19.1 Å². The molecule has 0 spiro atoms. The van der Waals surface area contributed by atoms with Gasteiger partial charge in [-0.1, -0.05) is 18.2 Å². The van der Waals surface area contributed by atoms with E-state index in [9.17, 15) is 9.59 Å². The highest BCUT2D eigenvalue weighted by Crippen LogP contribution is 2.25. The number of fused-ring (bicyclic) bond motifs is 1. The molecule has 1 aliphatic heterocycles. The van der Waals surface area contributed by atoms with Crippen LogP contribution in [0.2, 0.25) is 0 Å². The quantitative estimate of drug-likeness (QED) is 0.765. The predicted molar refractivity (Wildman–Crippen MR) is 75.6 cm³/mol. The molecule has 1 aromatic rings. The minimum Gasteiger partial charge on any atom is -0.480 e. The number of hydrogen-bond acceptors (Lipinski definition) is 4. The zero-order valence-corrected chi connectivity index (χ0v) is 11.0. The molecule has 1 heterocycles. The van der Waals surface area contributed by atoms with E-state index in [-0.39, 0.29) is 6.42 Å². The van der Waals surface area contributed by atoms with Crippen LogP contribution in [0.3, 0.4) is 0 Å². The summed E-state index contributed by atoms with van der Waals surface area (Å²) in [6.45, 7) is 1.41. The summed E-state index contributed by atoms with van der Waals surface area (Å²) in [5.74, 6) is -1.22. The van der Waals surface area contributed by atoms with Crippen LogP contribution in [0.15, 0.2) is 34.8 Å². The summed E-state index contributed by atoms with van der Waals surface area (Å²) in [7, 11) is 0. The Balaban J connectivity index is 2.29. The van der Waals surface area contributed by atoms with E-state index in [1.165, 1.54) is 6.92 Å². The van der Waals surface area contributed by atoms with Crippen LogP contribution in [0, 0.1) is 0 Å². The summed E-state index contributed by atoms with van der Waals surface area (Å²) < 4.78 is 0. The van der Waals surface area contributed by atoms with Crippen molar-refractivity contribution in [3.63, 3.8) is 0 Å². The van der Waals surface area contributed by atoms with Crippen molar-refractivity contribution in [2.24, 2.45) is 10.7 Å². The molecule has 0 aromatic heterocycles. The van der Waals surface area contributed by atoms with Gasteiger partial charge in [0.2, 0.25) is 5.91 Å². The molecule has 0 bridgehead atoms. The number of para-hydroxylation sites is 1. The van der Waals surface area contributed by atoms with Crippen molar-refractivity contribution in [2.75, 3.05) is 0 Å². The van der Waals surface area contributed by atoms with E-state index < -0.39 is 17.9 Å². The highest BCUT2D eigenvalue weighted by atomic mass is 16.4. The topological polar surface area (TPSA) is 105 Å².